The Bertz CT molecular complexity index is 805. The van der Waals surface area contributed by atoms with Gasteiger partial charge in [-0.05, 0) is 30.2 Å². The summed E-state index contributed by atoms with van der Waals surface area (Å²) in [7, 11) is 0. The minimum atomic E-state index is -0.210. The summed E-state index contributed by atoms with van der Waals surface area (Å²) < 4.78 is 16.7. The summed E-state index contributed by atoms with van der Waals surface area (Å²) in [4.78, 5) is 0. The molecule has 2 aromatic carbocycles. The SMILES string of the molecule is Cc1nnc(SCc2ccc(Br)cc2F)n1Cc1ccccc1. The van der Waals surface area contributed by atoms with Gasteiger partial charge in [-0.2, -0.15) is 0 Å². The maximum atomic E-state index is 13.9. The minimum absolute atomic E-state index is 0.210. The maximum Gasteiger partial charge on any atom is 0.191 e. The van der Waals surface area contributed by atoms with Gasteiger partial charge in [-0.3, -0.25) is 0 Å². The number of benzene rings is 2. The van der Waals surface area contributed by atoms with Gasteiger partial charge < -0.3 is 4.57 Å². The zero-order valence-electron chi connectivity index (χ0n) is 12.5. The predicted octanol–water partition coefficient (Wildman–Crippen LogP) is 4.83. The Morgan fingerprint density at radius 3 is 2.65 bits per heavy atom. The van der Waals surface area contributed by atoms with Gasteiger partial charge in [0, 0.05) is 10.2 Å². The molecule has 0 unspecified atom stereocenters. The van der Waals surface area contributed by atoms with E-state index < -0.39 is 0 Å². The van der Waals surface area contributed by atoms with E-state index in [2.05, 4.69) is 42.8 Å². The van der Waals surface area contributed by atoms with Crippen LogP contribution in [0.3, 0.4) is 0 Å². The topological polar surface area (TPSA) is 30.7 Å². The van der Waals surface area contributed by atoms with Gasteiger partial charge in [-0.15, -0.1) is 10.2 Å². The van der Waals surface area contributed by atoms with Gasteiger partial charge in [-0.1, -0.05) is 64.1 Å². The zero-order valence-corrected chi connectivity index (χ0v) is 14.9. The molecular formula is C17H15BrFN3S. The Morgan fingerprint density at radius 2 is 1.91 bits per heavy atom. The molecule has 1 aromatic heterocycles. The molecule has 0 N–H and O–H groups in total. The summed E-state index contributed by atoms with van der Waals surface area (Å²) in [5, 5.41) is 9.17. The summed E-state index contributed by atoms with van der Waals surface area (Å²) in [6, 6.07) is 15.3. The maximum absolute atomic E-state index is 13.9. The first-order valence-corrected chi connectivity index (χ1v) is 8.92. The van der Waals surface area contributed by atoms with E-state index in [0.717, 1.165) is 15.5 Å². The van der Waals surface area contributed by atoms with Crippen molar-refractivity contribution in [2.24, 2.45) is 0 Å². The number of hydrogen-bond donors (Lipinski definition) is 0. The van der Waals surface area contributed by atoms with Crippen LogP contribution in [0, 0.1) is 12.7 Å². The molecule has 3 aromatic rings. The third-order valence-electron chi connectivity index (χ3n) is 3.46. The van der Waals surface area contributed by atoms with Crippen molar-refractivity contribution in [2.45, 2.75) is 24.4 Å². The van der Waals surface area contributed by atoms with Gasteiger partial charge in [0.1, 0.15) is 11.6 Å². The molecule has 3 rings (SSSR count). The molecule has 1 heterocycles. The molecule has 0 radical (unpaired) electrons. The molecule has 0 saturated heterocycles. The molecule has 0 saturated carbocycles. The Balaban J connectivity index is 1.76. The Morgan fingerprint density at radius 1 is 1.13 bits per heavy atom. The second-order valence-corrected chi connectivity index (χ2v) is 6.98. The third kappa shape index (κ3) is 4.00. The molecule has 23 heavy (non-hydrogen) atoms. The average molecular weight is 392 g/mol. The normalized spacial score (nSPS) is 10.9. The molecule has 0 atom stereocenters. The number of nitrogens with zero attached hydrogens (tertiary/aromatic N) is 3. The van der Waals surface area contributed by atoms with Crippen LogP contribution in [0.4, 0.5) is 4.39 Å². The lowest BCUT2D eigenvalue weighted by atomic mass is 10.2. The lowest BCUT2D eigenvalue weighted by Crippen LogP contribution is -2.04. The first-order chi connectivity index (χ1) is 11.1. The third-order valence-corrected chi connectivity index (χ3v) is 4.97. The van der Waals surface area contributed by atoms with Gasteiger partial charge in [0.2, 0.25) is 0 Å². The number of thioether (sulfide) groups is 1. The number of rotatable bonds is 5. The number of hydrogen-bond acceptors (Lipinski definition) is 3. The summed E-state index contributed by atoms with van der Waals surface area (Å²) in [6.07, 6.45) is 0. The van der Waals surface area contributed by atoms with E-state index in [1.54, 1.807) is 6.07 Å². The minimum Gasteiger partial charge on any atom is -0.302 e. The second kappa shape index (κ2) is 7.27. The van der Waals surface area contributed by atoms with Crippen LogP contribution in [0.15, 0.2) is 58.2 Å². The van der Waals surface area contributed by atoms with Crippen molar-refractivity contribution in [2.75, 3.05) is 0 Å². The number of aryl methyl sites for hydroxylation is 1. The number of aromatic nitrogens is 3. The van der Waals surface area contributed by atoms with Crippen LogP contribution in [-0.2, 0) is 12.3 Å². The fourth-order valence-electron chi connectivity index (χ4n) is 2.20. The van der Waals surface area contributed by atoms with Crippen LogP contribution in [0.1, 0.15) is 17.0 Å². The summed E-state index contributed by atoms with van der Waals surface area (Å²) in [5.41, 5.74) is 1.84. The highest BCUT2D eigenvalue weighted by molar-refractivity contribution is 9.10. The van der Waals surface area contributed by atoms with E-state index in [0.29, 0.717) is 17.9 Å². The fraction of sp³-hybridized carbons (Fsp3) is 0.176. The Labute approximate surface area is 147 Å². The predicted molar refractivity (Wildman–Crippen MR) is 94.0 cm³/mol. The molecule has 3 nitrogen and oxygen atoms in total. The van der Waals surface area contributed by atoms with Crippen LogP contribution >= 0.6 is 27.7 Å². The monoisotopic (exact) mass is 391 g/mol. The van der Waals surface area contributed by atoms with Crippen molar-refractivity contribution in [3.05, 3.63) is 75.8 Å². The first-order valence-electron chi connectivity index (χ1n) is 7.14. The van der Waals surface area contributed by atoms with Crippen LogP contribution in [0.5, 0.6) is 0 Å². The van der Waals surface area contributed by atoms with E-state index in [1.807, 2.05) is 31.2 Å². The largest absolute Gasteiger partial charge is 0.302 e. The summed E-state index contributed by atoms with van der Waals surface area (Å²) in [5.74, 6) is 1.16. The molecule has 0 spiro atoms. The van der Waals surface area contributed by atoms with Gasteiger partial charge in [-0.25, -0.2) is 4.39 Å². The van der Waals surface area contributed by atoms with Crippen molar-refractivity contribution in [1.82, 2.24) is 14.8 Å². The summed E-state index contributed by atoms with van der Waals surface area (Å²) in [6.45, 7) is 2.64. The van der Waals surface area contributed by atoms with Crippen molar-refractivity contribution >= 4 is 27.7 Å². The average Bonchev–Trinajstić information content (AvgIpc) is 2.88. The van der Waals surface area contributed by atoms with Gasteiger partial charge in [0.15, 0.2) is 5.16 Å². The zero-order chi connectivity index (χ0) is 16.2. The first kappa shape index (κ1) is 16.2. The van der Waals surface area contributed by atoms with Crippen molar-refractivity contribution in [3.8, 4) is 0 Å². The smallest absolute Gasteiger partial charge is 0.191 e. The fourth-order valence-corrected chi connectivity index (χ4v) is 3.50. The Hall–Kier alpha value is -1.66. The standard InChI is InChI=1S/C17H15BrFN3S/c1-12-20-21-17(22(12)10-13-5-3-2-4-6-13)23-11-14-7-8-15(18)9-16(14)19/h2-9H,10-11H2,1H3. The molecule has 0 aliphatic heterocycles. The van der Waals surface area contributed by atoms with Gasteiger partial charge in [0.05, 0.1) is 6.54 Å². The highest BCUT2D eigenvalue weighted by Gasteiger charge is 2.11. The van der Waals surface area contributed by atoms with Gasteiger partial charge in [0.25, 0.3) is 0 Å². The molecule has 0 amide bonds. The second-order valence-electron chi connectivity index (χ2n) is 5.13. The molecule has 0 fully saturated rings. The molecule has 0 bridgehead atoms. The Kier molecular flexibility index (Phi) is 5.13. The lowest BCUT2D eigenvalue weighted by Gasteiger charge is -2.09. The van der Waals surface area contributed by atoms with Crippen molar-refractivity contribution in [1.29, 1.82) is 0 Å². The molecular weight excluding hydrogens is 377 g/mol. The quantitative estimate of drug-likeness (QED) is 0.583. The molecule has 0 aliphatic carbocycles. The van der Waals surface area contributed by atoms with Crippen molar-refractivity contribution < 1.29 is 4.39 Å². The lowest BCUT2D eigenvalue weighted by molar-refractivity contribution is 0.616. The van der Waals surface area contributed by atoms with E-state index in [4.69, 9.17) is 0 Å². The highest BCUT2D eigenvalue weighted by atomic mass is 79.9. The van der Waals surface area contributed by atoms with Crippen LogP contribution in [0.25, 0.3) is 0 Å². The molecule has 118 valence electrons. The summed E-state index contributed by atoms with van der Waals surface area (Å²) >= 11 is 4.77. The number of halogens is 2. The van der Waals surface area contributed by atoms with E-state index in [1.165, 1.54) is 23.4 Å². The van der Waals surface area contributed by atoms with E-state index >= 15 is 0 Å². The van der Waals surface area contributed by atoms with Crippen LogP contribution in [0.2, 0.25) is 0 Å². The van der Waals surface area contributed by atoms with Crippen LogP contribution < -0.4 is 0 Å². The van der Waals surface area contributed by atoms with Gasteiger partial charge >= 0.3 is 0 Å². The highest BCUT2D eigenvalue weighted by Crippen LogP contribution is 2.25. The molecule has 6 heteroatoms. The van der Waals surface area contributed by atoms with E-state index in [9.17, 15) is 4.39 Å². The van der Waals surface area contributed by atoms with Crippen molar-refractivity contribution in [3.63, 3.8) is 0 Å². The van der Waals surface area contributed by atoms with E-state index in [-0.39, 0.29) is 5.82 Å². The molecule has 0 aliphatic rings. The van der Waals surface area contributed by atoms with Crippen LogP contribution in [-0.4, -0.2) is 14.8 Å².